The first-order valence-electron chi connectivity index (χ1n) is 9.25. The summed E-state index contributed by atoms with van der Waals surface area (Å²) in [6, 6.07) is 5.93. The highest BCUT2D eigenvalue weighted by atomic mass is 16.5. The van der Waals surface area contributed by atoms with Crippen molar-refractivity contribution in [1.82, 2.24) is 0 Å². The van der Waals surface area contributed by atoms with Crippen molar-refractivity contribution in [3.05, 3.63) is 30.3 Å². The predicted molar refractivity (Wildman–Crippen MR) is 100 cm³/mol. The lowest BCUT2D eigenvalue weighted by atomic mass is 10.1. The van der Waals surface area contributed by atoms with Crippen molar-refractivity contribution in [2.24, 2.45) is 0 Å². The van der Waals surface area contributed by atoms with Gasteiger partial charge in [-0.05, 0) is 24.1 Å². The Morgan fingerprint density at radius 3 is 2.04 bits per heavy atom. The zero-order valence-electron chi connectivity index (χ0n) is 15.1. The third-order valence-electron chi connectivity index (χ3n) is 4.18. The van der Waals surface area contributed by atoms with Crippen LogP contribution in [0.5, 0.6) is 11.5 Å². The molecule has 23 heavy (non-hydrogen) atoms. The van der Waals surface area contributed by atoms with Crippen LogP contribution in [0.1, 0.15) is 76.7 Å². The molecule has 0 amide bonds. The smallest absolute Gasteiger partial charge is 0.161 e. The maximum absolute atomic E-state index is 5.84. The Labute approximate surface area is 142 Å². The Morgan fingerprint density at radius 2 is 1.48 bits per heavy atom. The van der Waals surface area contributed by atoms with E-state index in [1.54, 1.807) is 7.11 Å². The molecule has 0 aliphatic carbocycles. The molecule has 1 aromatic carbocycles. The summed E-state index contributed by atoms with van der Waals surface area (Å²) in [6.45, 7) is 6.80. The van der Waals surface area contributed by atoms with E-state index in [1.165, 1.54) is 57.8 Å². The number of benzene rings is 1. The van der Waals surface area contributed by atoms with Crippen molar-refractivity contribution >= 4 is 6.08 Å². The Morgan fingerprint density at radius 1 is 0.870 bits per heavy atom. The minimum atomic E-state index is 0.764. The highest BCUT2D eigenvalue weighted by Gasteiger charge is 2.04. The highest BCUT2D eigenvalue weighted by Crippen LogP contribution is 2.28. The van der Waals surface area contributed by atoms with Crippen molar-refractivity contribution in [2.45, 2.75) is 71.1 Å². The number of ether oxygens (including phenoxy) is 2. The first-order valence-corrected chi connectivity index (χ1v) is 9.25. The van der Waals surface area contributed by atoms with E-state index in [2.05, 4.69) is 13.5 Å². The van der Waals surface area contributed by atoms with Gasteiger partial charge in [-0.2, -0.15) is 0 Å². The summed E-state index contributed by atoms with van der Waals surface area (Å²) >= 11 is 0. The molecule has 0 atom stereocenters. The van der Waals surface area contributed by atoms with Gasteiger partial charge in [0.05, 0.1) is 13.7 Å². The Bertz CT molecular complexity index is 426. The average Bonchev–Trinajstić information content (AvgIpc) is 2.59. The molecule has 130 valence electrons. The minimum Gasteiger partial charge on any atom is -0.493 e. The Hall–Kier alpha value is -1.44. The van der Waals surface area contributed by atoms with Crippen LogP contribution >= 0.6 is 0 Å². The number of hydrogen-bond donors (Lipinski definition) is 0. The molecular formula is C21H34O2. The molecule has 0 radical (unpaired) electrons. The molecule has 0 fully saturated rings. The first kappa shape index (κ1) is 19.6. The quantitative estimate of drug-likeness (QED) is 0.358. The zero-order valence-corrected chi connectivity index (χ0v) is 15.1. The van der Waals surface area contributed by atoms with Crippen LogP contribution in [0.4, 0.5) is 0 Å². The maximum atomic E-state index is 5.84. The van der Waals surface area contributed by atoms with E-state index in [9.17, 15) is 0 Å². The molecule has 0 heterocycles. The van der Waals surface area contributed by atoms with E-state index < -0.39 is 0 Å². The molecule has 0 N–H and O–H groups in total. The van der Waals surface area contributed by atoms with Crippen LogP contribution in [0, 0.1) is 0 Å². The maximum Gasteiger partial charge on any atom is 0.161 e. The van der Waals surface area contributed by atoms with Crippen molar-refractivity contribution in [3.63, 3.8) is 0 Å². The normalized spacial score (nSPS) is 10.5. The molecule has 0 unspecified atom stereocenters. The molecule has 0 aliphatic heterocycles. The van der Waals surface area contributed by atoms with Crippen molar-refractivity contribution in [1.29, 1.82) is 0 Å². The zero-order chi connectivity index (χ0) is 16.8. The molecular weight excluding hydrogens is 284 g/mol. The van der Waals surface area contributed by atoms with E-state index in [1.807, 2.05) is 24.3 Å². The molecule has 2 heteroatoms. The fourth-order valence-corrected chi connectivity index (χ4v) is 2.70. The van der Waals surface area contributed by atoms with Gasteiger partial charge in [-0.25, -0.2) is 0 Å². The molecule has 2 nitrogen and oxygen atoms in total. The van der Waals surface area contributed by atoms with Crippen molar-refractivity contribution in [3.8, 4) is 11.5 Å². The molecule has 1 aromatic rings. The van der Waals surface area contributed by atoms with E-state index in [0.717, 1.165) is 30.1 Å². The van der Waals surface area contributed by atoms with Crippen LogP contribution in [0.15, 0.2) is 24.8 Å². The van der Waals surface area contributed by atoms with Gasteiger partial charge in [-0.3, -0.25) is 0 Å². The van der Waals surface area contributed by atoms with Gasteiger partial charge in [0.2, 0.25) is 0 Å². The summed E-state index contributed by atoms with van der Waals surface area (Å²) < 4.78 is 11.2. The summed E-state index contributed by atoms with van der Waals surface area (Å²) in [5, 5.41) is 0. The molecule has 0 bridgehead atoms. The first-order chi connectivity index (χ1) is 11.3. The van der Waals surface area contributed by atoms with Crippen LogP contribution < -0.4 is 9.47 Å². The fraction of sp³-hybridized carbons (Fsp3) is 0.619. The molecule has 0 spiro atoms. The third kappa shape index (κ3) is 8.68. The van der Waals surface area contributed by atoms with E-state index in [0.29, 0.717) is 0 Å². The molecule has 0 saturated heterocycles. The van der Waals surface area contributed by atoms with Crippen LogP contribution in [0.25, 0.3) is 6.08 Å². The van der Waals surface area contributed by atoms with Crippen molar-refractivity contribution < 1.29 is 9.47 Å². The predicted octanol–water partition coefficient (Wildman–Crippen LogP) is 6.64. The SMILES string of the molecule is C=Cc1ccc(OCCCCCCCCCCCC)c(OC)c1. The highest BCUT2D eigenvalue weighted by molar-refractivity contribution is 5.54. The summed E-state index contributed by atoms with van der Waals surface area (Å²) in [7, 11) is 1.68. The lowest BCUT2D eigenvalue weighted by Gasteiger charge is -2.11. The van der Waals surface area contributed by atoms with Gasteiger partial charge >= 0.3 is 0 Å². The third-order valence-corrected chi connectivity index (χ3v) is 4.18. The van der Waals surface area contributed by atoms with Gasteiger partial charge in [0.25, 0.3) is 0 Å². The Kier molecular flexibility index (Phi) is 11.1. The number of rotatable bonds is 14. The van der Waals surface area contributed by atoms with E-state index in [4.69, 9.17) is 9.47 Å². The lowest BCUT2D eigenvalue weighted by molar-refractivity contribution is 0.284. The summed E-state index contributed by atoms with van der Waals surface area (Å²) in [6.07, 6.45) is 15.2. The van der Waals surface area contributed by atoms with Gasteiger partial charge in [-0.1, -0.05) is 83.4 Å². The molecule has 1 rings (SSSR count). The summed E-state index contributed by atoms with van der Waals surface area (Å²) in [5.41, 5.74) is 1.05. The minimum absolute atomic E-state index is 0.764. The molecule has 0 saturated carbocycles. The van der Waals surface area contributed by atoms with Crippen LogP contribution in [-0.2, 0) is 0 Å². The van der Waals surface area contributed by atoms with E-state index in [-0.39, 0.29) is 0 Å². The molecule has 0 aromatic heterocycles. The van der Waals surface area contributed by atoms with Crippen LogP contribution in [0.2, 0.25) is 0 Å². The Balaban J connectivity index is 2.06. The van der Waals surface area contributed by atoms with E-state index >= 15 is 0 Å². The fourth-order valence-electron chi connectivity index (χ4n) is 2.70. The number of hydrogen-bond acceptors (Lipinski definition) is 2. The topological polar surface area (TPSA) is 18.5 Å². The van der Waals surface area contributed by atoms with Gasteiger partial charge < -0.3 is 9.47 Å². The summed E-state index contributed by atoms with van der Waals surface area (Å²) in [5.74, 6) is 1.61. The standard InChI is InChI=1S/C21H34O2/c1-4-6-7-8-9-10-11-12-13-14-17-23-20-16-15-19(5-2)18-21(20)22-3/h5,15-16,18H,2,4,6-14,17H2,1,3H3. The van der Waals surface area contributed by atoms with Crippen molar-refractivity contribution in [2.75, 3.05) is 13.7 Å². The van der Waals surface area contributed by atoms with Gasteiger partial charge in [0.1, 0.15) is 0 Å². The lowest BCUT2D eigenvalue weighted by Crippen LogP contribution is -1.99. The summed E-state index contributed by atoms with van der Waals surface area (Å²) in [4.78, 5) is 0. The van der Waals surface area contributed by atoms with Gasteiger partial charge in [0.15, 0.2) is 11.5 Å². The monoisotopic (exact) mass is 318 g/mol. The van der Waals surface area contributed by atoms with Gasteiger partial charge in [-0.15, -0.1) is 0 Å². The average molecular weight is 319 g/mol. The second-order valence-electron chi connectivity index (χ2n) is 6.14. The largest absolute Gasteiger partial charge is 0.493 e. The van der Waals surface area contributed by atoms with Crippen LogP contribution in [0.3, 0.4) is 0 Å². The van der Waals surface area contributed by atoms with Gasteiger partial charge in [0, 0.05) is 0 Å². The molecule has 0 aliphatic rings. The second-order valence-corrected chi connectivity index (χ2v) is 6.14. The second kappa shape index (κ2) is 13.0. The number of unbranched alkanes of at least 4 members (excludes halogenated alkanes) is 9. The number of methoxy groups -OCH3 is 1. The van der Waals surface area contributed by atoms with Crippen LogP contribution in [-0.4, -0.2) is 13.7 Å².